The van der Waals surface area contributed by atoms with Crippen molar-refractivity contribution >= 4 is 32.6 Å². The van der Waals surface area contributed by atoms with Crippen molar-refractivity contribution in [3.63, 3.8) is 0 Å². The summed E-state index contributed by atoms with van der Waals surface area (Å²) in [5.41, 5.74) is 6.16. The van der Waals surface area contributed by atoms with E-state index in [-0.39, 0.29) is 19.0 Å². The number of hydrogen-bond donors (Lipinski definition) is 2. The van der Waals surface area contributed by atoms with Crippen LogP contribution in [0.2, 0.25) is 0 Å². The lowest BCUT2D eigenvalue weighted by atomic mass is 10.3. The van der Waals surface area contributed by atoms with E-state index in [4.69, 9.17) is 10.9 Å². The maximum Gasteiger partial charge on any atom is 0.277 e. The van der Waals surface area contributed by atoms with Gasteiger partial charge in [0.05, 0.1) is 5.69 Å². The molecule has 1 amide bonds. The number of rotatable bonds is 2. The number of aromatic nitrogens is 1. The van der Waals surface area contributed by atoms with Crippen molar-refractivity contribution in [2.75, 3.05) is 31.9 Å². The molecule has 0 radical (unpaired) electrons. The van der Waals surface area contributed by atoms with Crippen LogP contribution < -0.4 is 10.9 Å². The second kappa shape index (κ2) is 5.04. The van der Waals surface area contributed by atoms with Gasteiger partial charge in [-0.05, 0) is 6.92 Å². The van der Waals surface area contributed by atoms with E-state index < -0.39 is 10.2 Å². The summed E-state index contributed by atoms with van der Waals surface area (Å²) in [7, 11) is -3.68. The molecular formula is C9H15N5O3S2. The molecule has 0 aliphatic carbocycles. The number of carbonyl (C=O) groups is 1. The molecule has 1 aromatic heterocycles. The third-order valence-corrected chi connectivity index (χ3v) is 4.95. The van der Waals surface area contributed by atoms with Crippen LogP contribution in [0, 0.1) is 6.92 Å². The average molecular weight is 305 g/mol. The van der Waals surface area contributed by atoms with Crippen molar-refractivity contribution in [1.29, 1.82) is 0 Å². The fraction of sp³-hybridized carbons (Fsp3) is 0.556. The van der Waals surface area contributed by atoms with Gasteiger partial charge < -0.3 is 10.6 Å². The van der Waals surface area contributed by atoms with Gasteiger partial charge in [0, 0.05) is 26.2 Å². The monoisotopic (exact) mass is 305 g/mol. The third kappa shape index (κ3) is 3.03. The Hall–Kier alpha value is -1.23. The minimum Gasteiger partial charge on any atom is -0.375 e. The van der Waals surface area contributed by atoms with Crippen LogP contribution in [0.3, 0.4) is 0 Å². The number of anilines is 1. The number of nitrogens with zero attached hydrogens (tertiary/aromatic N) is 3. The molecule has 8 nitrogen and oxygen atoms in total. The Bertz CT molecular complexity index is 589. The van der Waals surface area contributed by atoms with Crippen LogP contribution in [0.15, 0.2) is 0 Å². The predicted molar refractivity (Wildman–Crippen MR) is 71.8 cm³/mol. The number of carbonyl (C=O) groups excluding carboxylic acids is 1. The second-order valence-corrected chi connectivity index (χ2v) is 6.78. The molecular weight excluding hydrogens is 290 g/mol. The van der Waals surface area contributed by atoms with Crippen molar-refractivity contribution in [3.8, 4) is 0 Å². The summed E-state index contributed by atoms with van der Waals surface area (Å²) in [6, 6.07) is 0. The van der Waals surface area contributed by atoms with Gasteiger partial charge in [0.1, 0.15) is 4.88 Å². The highest BCUT2D eigenvalue weighted by molar-refractivity contribution is 7.86. The normalized spacial score (nSPS) is 17.7. The summed E-state index contributed by atoms with van der Waals surface area (Å²) in [6.45, 7) is 2.76. The first-order chi connectivity index (χ1) is 8.79. The lowest BCUT2D eigenvalue weighted by Gasteiger charge is -2.32. The molecule has 19 heavy (non-hydrogen) atoms. The summed E-state index contributed by atoms with van der Waals surface area (Å²) in [4.78, 5) is 18.3. The quantitative estimate of drug-likeness (QED) is 0.725. The molecule has 1 saturated heterocycles. The topological polar surface area (TPSA) is 123 Å². The first-order valence-corrected chi connectivity index (χ1v) is 7.91. The molecule has 4 N–H and O–H groups in total. The number of piperazine rings is 1. The fourth-order valence-corrected chi connectivity index (χ4v) is 3.38. The standard InChI is InChI=1S/C9H15N5O3S2/c1-6-7(18-9(10)12-6)8(15)13-2-4-14(5-3-13)19(11,16)17/h2-5H2,1H3,(H2,10,12)(H2,11,16,17). The molecule has 0 spiro atoms. The van der Waals surface area contributed by atoms with E-state index >= 15 is 0 Å². The minimum absolute atomic E-state index is 0.166. The van der Waals surface area contributed by atoms with Crippen LogP contribution in [-0.2, 0) is 10.2 Å². The van der Waals surface area contributed by atoms with Crippen molar-refractivity contribution < 1.29 is 13.2 Å². The molecule has 106 valence electrons. The summed E-state index contributed by atoms with van der Waals surface area (Å²) in [6.07, 6.45) is 0. The molecule has 2 rings (SSSR count). The molecule has 1 aliphatic rings. The molecule has 1 aliphatic heterocycles. The van der Waals surface area contributed by atoms with Gasteiger partial charge in [-0.25, -0.2) is 10.1 Å². The van der Waals surface area contributed by atoms with Crippen LogP contribution in [0.5, 0.6) is 0 Å². The molecule has 0 saturated carbocycles. The highest BCUT2D eigenvalue weighted by atomic mass is 32.2. The van der Waals surface area contributed by atoms with E-state index in [1.165, 1.54) is 0 Å². The Morgan fingerprint density at radius 2 is 1.89 bits per heavy atom. The Morgan fingerprint density at radius 1 is 1.32 bits per heavy atom. The Labute approximate surface area is 115 Å². The lowest BCUT2D eigenvalue weighted by molar-refractivity contribution is 0.0702. The average Bonchev–Trinajstić information content (AvgIpc) is 2.66. The van der Waals surface area contributed by atoms with Crippen LogP contribution in [0.25, 0.3) is 0 Å². The van der Waals surface area contributed by atoms with Crippen LogP contribution >= 0.6 is 11.3 Å². The van der Waals surface area contributed by atoms with Crippen molar-refractivity contribution in [2.45, 2.75) is 6.92 Å². The van der Waals surface area contributed by atoms with E-state index in [2.05, 4.69) is 4.98 Å². The van der Waals surface area contributed by atoms with Gasteiger partial charge in [-0.15, -0.1) is 0 Å². The van der Waals surface area contributed by atoms with Gasteiger partial charge in [-0.3, -0.25) is 4.79 Å². The molecule has 0 aromatic carbocycles. The highest BCUT2D eigenvalue weighted by Gasteiger charge is 2.28. The summed E-state index contributed by atoms with van der Waals surface area (Å²) < 4.78 is 23.5. The maximum atomic E-state index is 12.2. The van der Waals surface area contributed by atoms with Gasteiger partial charge in [0.25, 0.3) is 16.1 Å². The van der Waals surface area contributed by atoms with Gasteiger partial charge in [0.2, 0.25) is 0 Å². The van der Waals surface area contributed by atoms with E-state index in [0.29, 0.717) is 28.8 Å². The van der Waals surface area contributed by atoms with E-state index in [1.807, 2.05) is 0 Å². The van der Waals surface area contributed by atoms with Crippen molar-refractivity contribution in [2.24, 2.45) is 5.14 Å². The second-order valence-electron chi connectivity index (χ2n) is 4.20. The maximum absolute atomic E-state index is 12.2. The zero-order chi connectivity index (χ0) is 14.2. The Kier molecular flexibility index (Phi) is 3.76. The number of amides is 1. The minimum atomic E-state index is -3.68. The smallest absolute Gasteiger partial charge is 0.277 e. The Morgan fingerprint density at radius 3 is 2.32 bits per heavy atom. The van der Waals surface area contributed by atoms with Crippen molar-refractivity contribution in [3.05, 3.63) is 10.6 Å². The lowest BCUT2D eigenvalue weighted by Crippen LogP contribution is -2.52. The summed E-state index contributed by atoms with van der Waals surface area (Å²) >= 11 is 1.14. The zero-order valence-electron chi connectivity index (χ0n) is 10.4. The molecule has 10 heteroatoms. The van der Waals surface area contributed by atoms with E-state index in [0.717, 1.165) is 15.6 Å². The van der Waals surface area contributed by atoms with Gasteiger partial charge in [0.15, 0.2) is 5.13 Å². The first-order valence-electron chi connectivity index (χ1n) is 5.59. The molecule has 0 atom stereocenters. The SMILES string of the molecule is Cc1nc(N)sc1C(=O)N1CCN(S(N)(=O)=O)CC1. The van der Waals surface area contributed by atoms with Gasteiger partial charge >= 0.3 is 0 Å². The number of aryl methyl sites for hydroxylation is 1. The van der Waals surface area contributed by atoms with Crippen LogP contribution in [-0.4, -0.2) is 54.7 Å². The molecule has 1 fully saturated rings. The van der Waals surface area contributed by atoms with Crippen LogP contribution in [0.1, 0.15) is 15.4 Å². The molecule has 2 heterocycles. The van der Waals surface area contributed by atoms with Gasteiger partial charge in [-0.1, -0.05) is 11.3 Å². The molecule has 0 unspecified atom stereocenters. The third-order valence-electron chi connectivity index (χ3n) is 2.89. The molecule has 1 aromatic rings. The molecule has 0 bridgehead atoms. The zero-order valence-corrected chi connectivity index (χ0v) is 12.0. The number of thiazole rings is 1. The predicted octanol–water partition coefficient (Wildman–Crippen LogP) is -1.00. The highest BCUT2D eigenvalue weighted by Crippen LogP contribution is 2.22. The number of hydrogen-bond acceptors (Lipinski definition) is 6. The van der Waals surface area contributed by atoms with E-state index in [1.54, 1.807) is 11.8 Å². The summed E-state index contributed by atoms with van der Waals surface area (Å²) in [5.74, 6) is -0.166. The van der Waals surface area contributed by atoms with Crippen molar-refractivity contribution in [1.82, 2.24) is 14.2 Å². The van der Waals surface area contributed by atoms with Gasteiger partial charge in [-0.2, -0.15) is 12.7 Å². The fourth-order valence-electron chi connectivity index (χ4n) is 1.90. The largest absolute Gasteiger partial charge is 0.375 e. The number of nitrogens with two attached hydrogens (primary N) is 2. The first kappa shape index (κ1) is 14.2. The van der Waals surface area contributed by atoms with E-state index in [9.17, 15) is 13.2 Å². The van der Waals surface area contributed by atoms with Crippen LogP contribution in [0.4, 0.5) is 5.13 Å². The summed E-state index contributed by atoms with van der Waals surface area (Å²) in [5, 5.41) is 5.39. The number of nitrogen functional groups attached to an aromatic ring is 1. The Balaban J connectivity index is 2.06.